The van der Waals surface area contributed by atoms with Gasteiger partial charge in [0.2, 0.25) is 5.91 Å². The van der Waals surface area contributed by atoms with Crippen molar-refractivity contribution in [2.75, 3.05) is 18.2 Å². The molecular formula is C22H28N2O4. The summed E-state index contributed by atoms with van der Waals surface area (Å²) in [5.74, 6) is 0.102. The lowest BCUT2D eigenvalue weighted by molar-refractivity contribution is -0.111. The number of anilines is 2. The zero-order chi connectivity index (χ0) is 20.7. The molecular weight excluding hydrogens is 356 g/mol. The summed E-state index contributed by atoms with van der Waals surface area (Å²) in [4.78, 5) is 12.0. The van der Waals surface area contributed by atoms with Crippen LogP contribution in [-0.4, -0.2) is 23.2 Å². The Labute approximate surface area is 165 Å². The highest BCUT2D eigenvalue weighted by atomic mass is 16.5. The molecule has 0 aliphatic rings. The molecule has 0 saturated carbocycles. The zero-order valence-electron chi connectivity index (χ0n) is 16.5. The molecule has 2 rings (SSSR count). The van der Waals surface area contributed by atoms with Crippen LogP contribution in [0.2, 0.25) is 0 Å². The first-order valence-corrected chi connectivity index (χ1v) is 9.11. The predicted octanol–water partition coefficient (Wildman–Crippen LogP) is 4.02. The van der Waals surface area contributed by atoms with Gasteiger partial charge in [-0.15, -0.1) is 0 Å². The molecule has 0 aliphatic heterocycles. The predicted molar refractivity (Wildman–Crippen MR) is 111 cm³/mol. The molecule has 2 aromatic carbocycles. The third-order valence-corrected chi connectivity index (χ3v) is 4.70. The summed E-state index contributed by atoms with van der Waals surface area (Å²) in [7, 11) is 1.48. The molecule has 6 nitrogen and oxygen atoms in total. The van der Waals surface area contributed by atoms with E-state index in [2.05, 4.69) is 5.32 Å². The number of benzene rings is 2. The van der Waals surface area contributed by atoms with Crippen LogP contribution in [0.15, 0.2) is 54.6 Å². The molecule has 0 aromatic heterocycles. The number of methoxy groups -OCH3 is 1. The second-order valence-electron chi connectivity index (χ2n) is 7.34. The normalized spacial score (nSPS) is 12.7. The number of phenols is 1. The molecule has 28 heavy (non-hydrogen) atoms. The SMILES string of the molecule is COc1ccc([C@@H](O)C(C)(C)CC/C=C/C(=O)Nc2ccccc2N)cc1O. The fourth-order valence-electron chi connectivity index (χ4n) is 2.90. The van der Waals surface area contributed by atoms with Crippen molar-refractivity contribution >= 4 is 17.3 Å². The fourth-order valence-corrected chi connectivity index (χ4v) is 2.90. The Bertz CT molecular complexity index is 846. The number of aliphatic hydroxyl groups is 1. The van der Waals surface area contributed by atoms with Gasteiger partial charge in [0.25, 0.3) is 0 Å². The number of ether oxygens (including phenoxy) is 1. The molecule has 0 unspecified atom stereocenters. The van der Waals surface area contributed by atoms with E-state index in [-0.39, 0.29) is 11.7 Å². The van der Waals surface area contributed by atoms with Crippen LogP contribution in [0, 0.1) is 5.41 Å². The van der Waals surface area contributed by atoms with Gasteiger partial charge >= 0.3 is 0 Å². The largest absolute Gasteiger partial charge is 0.504 e. The van der Waals surface area contributed by atoms with Gasteiger partial charge in [0.05, 0.1) is 24.6 Å². The first kappa shape index (κ1) is 21.3. The standard InChI is InChI=1S/C22H28N2O4/c1-22(2,21(27)15-11-12-19(28-3)18(25)14-15)13-7-6-10-20(26)24-17-9-5-4-8-16(17)23/h4-6,8-12,14,21,25,27H,7,13,23H2,1-3H3,(H,24,26)/b10-6+/t21-/m1/s1. The number of nitrogens with one attached hydrogen (secondary N) is 1. The Balaban J connectivity index is 1.91. The molecule has 150 valence electrons. The second kappa shape index (κ2) is 9.28. The zero-order valence-corrected chi connectivity index (χ0v) is 16.5. The molecule has 0 fully saturated rings. The third kappa shape index (κ3) is 5.50. The van der Waals surface area contributed by atoms with E-state index in [1.165, 1.54) is 19.3 Å². The lowest BCUT2D eigenvalue weighted by Gasteiger charge is -2.30. The maximum Gasteiger partial charge on any atom is 0.248 e. The summed E-state index contributed by atoms with van der Waals surface area (Å²) in [5.41, 5.74) is 7.06. The second-order valence-corrected chi connectivity index (χ2v) is 7.34. The summed E-state index contributed by atoms with van der Waals surface area (Å²) in [6.07, 6.45) is 3.74. The first-order valence-electron chi connectivity index (χ1n) is 9.11. The Morgan fingerprint density at radius 1 is 1.29 bits per heavy atom. The van der Waals surface area contributed by atoms with Gasteiger partial charge in [-0.25, -0.2) is 0 Å². The van der Waals surface area contributed by atoms with Gasteiger partial charge in [-0.3, -0.25) is 4.79 Å². The molecule has 0 spiro atoms. The minimum Gasteiger partial charge on any atom is -0.504 e. The molecule has 0 aliphatic carbocycles. The summed E-state index contributed by atoms with van der Waals surface area (Å²) in [5, 5.41) is 23.4. The van der Waals surface area contributed by atoms with Crippen LogP contribution in [0.3, 0.4) is 0 Å². The van der Waals surface area contributed by atoms with Gasteiger partial charge in [0.15, 0.2) is 11.5 Å². The Kier molecular flexibility index (Phi) is 7.06. The minimum atomic E-state index is -0.768. The van der Waals surface area contributed by atoms with Crippen molar-refractivity contribution in [2.24, 2.45) is 5.41 Å². The van der Waals surface area contributed by atoms with Gasteiger partial charge < -0.3 is 26.0 Å². The molecule has 2 aromatic rings. The molecule has 0 radical (unpaired) electrons. The summed E-state index contributed by atoms with van der Waals surface area (Å²) in [6.45, 7) is 3.88. The Morgan fingerprint density at radius 2 is 2.00 bits per heavy atom. The van der Waals surface area contributed by atoms with Crippen molar-refractivity contribution < 1.29 is 19.7 Å². The van der Waals surface area contributed by atoms with Crippen molar-refractivity contribution in [3.05, 3.63) is 60.2 Å². The van der Waals surface area contributed by atoms with E-state index in [1.54, 1.807) is 42.5 Å². The number of hydrogen-bond acceptors (Lipinski definition) is 5. The molecule has 0 saturated heterocycles. The van der Waals surface area contributed by atoms with Crippen molar-refractivity contribution in [1.82, 2.24) is 0 Å². The number of hydrogen-bond donors (Lipinski definition) is 4. The number of nitrogens with two attached hydrogens (primary N) is 1. The topological polar surface area (TPSA) is 105 Å². The smallest absolute Gasteiger partial charge is 0.248 e. The number of rotatable bonds is 8. The van der Waals surface area contributed by atoms with E-state index in [1.807, 2.05) is 13.8 Å². The molecule has 1 atom stereocenters. The van der Waals surface area contributed by atoms with Gasteiger partial charge in [0, 0.05) is 0 Å². The maximum absolute atomic E-state index is 12.0. The Morgan fingerprint density at radius 3 is 2.64 bits per heavy atom. The highest BCUT2D eigenvalue weighted by Gasteiger charge is 2.29. The monoisotopic (exact) mass is 384 g/mol. The highest BCUT2D eigenvalue weighted by molar-refractivity contribution is 6.01. The van der Waals surface area contributed by atoms with Gasteiger partial charge in [-0.05, 0) is 54.2 Å². The minimum absolute atomic E-state index is 0.00778. The van der Waals surface area contributed by atoms with Crippen molar-refractivity contribution in [2.45, 2.75) is 32.8 Å². The number of aliphatic hydroxyl groups excluding tert-OH is 1. The van der Waals surface area contributed by atoms with E-state index in [9.17, 15) is 15.0 Å². The lowest BCUT2D eigenvalue weighted by Crippen LogP contribution is -2.22. The van der Waals surface area contributed by atoms with Crippen molar-refractivity contribution in [1.29, 1.82) is 0 Å². The van der Waals surface area contributed by atoms with E-state index in [0.717, 1.165) is 0 Å². The van der Waals surface area contributed by atoms with Gasteiger partial charge in [-0.1, -0.05) is 38.1 Å². The number of carbonyl (C=O) groups excluding carboxylic acids is 1. The van der Waals surface area contributed by atoms with Crippen molar-refractivity contribution in [3.8, 4) is 11.5 Å². The van der Waals surface area contributed by atoms with Crippen LogP contribution in [0.4, 0.5) is 11.4 Å². The van der Waals surface area contributed by atoms with E-state index in [4.69, 9.17) is 10.5 Å². The molecule has 0 bridgehead atoms. The number of aromatic hydroxyl groups is 1. The lowest BCUT2D eigenvalue weighted by atomic mass is 9.79. The number of carbonyl (C=O) groups is 1. The molecule has 5 N–H and O–H groups in total. The summed E-state index contributed by atoms with van der Waals surface area (Å²) in [6, 6.07) is 11.9. The number of nitrogen functional groups attached to an aromatic ring is 1. The van der Waals surface area contributed by atoms with E-state index in [0.29, 0.717) is 35.5 Å². The quantitative estimate of drug-likeness (QED) is 0.406. The van der Waals surface area contributed by atoms with Crippen LogP contribution in [0.1, 0.15) is 38.4 Å². The van der Waals surface area contributed by atoms with E-state index < -0.39 is 11.5 Å². The Hall–Kier alpha value is -2.99. The van der Waals surface area contributed by atoms with E-state index >= 15 is 0 Å². The van der Waals surface area contributed by atoms with Gasteiger partial charge in [0.1, 0.15) is 0 Å². The average molecular weight is 384 g/mol. The summed E-state index contributed by atoms with van der Waals surface area (Å²) < 4.78 is 5.03. The average Bonchev–Trinajstić information content (AvgIpc) is 2.66. The van der Waals surface area contributed by atoms with Gasteiger partial charge in [-0.2, -0.15) is 0 Å². The molecule has 6 heteroatoms. The molecule has 1 amide bonds. The van der Waals surface area contributed by atoms with Crippen LogP contribution in [0.5, 0.6) is 11.5 Å². The third-order valence-electron chi connectivity index (χ3n) is 4.70. The molecule has 0 heterocycles. The van der Waals surface area contributed by atoms with Crippen molar-refractivity contribution in [3.63, 3.8) is 0 Å². The fraction of sp³-hybridized carbons (Fsp3) is 0.318. The first-order chi connectivity index (χ1) is 13.2. The highest BCUT2D eigenvalue weighted by Crippen LogP contribution is 2.40. The number of para-hydroxylation sites is 2. The summed E-state index contributed by atoms with van der Waals surface area (Å²) >= 11 is 0. The maximum atomic E-state index is 12.0. The number of allylic oxidation sites excluding steroid dienone is 1. The van der Waals surface area contributed by atoms with Crippen LogP contribution >= 0.6 is 0 Å². The van der Waals surface area contributed by atoms with Crippen LogP contribution in [-0.2, 0) is 4.79 Å². The number of amides is 1. The van der Waals surface area contributed by atoms with Crippen LogP contribution in [0.25, 0.3) is 0 Å². The number of phenolic OH excluding ortho intramolecular Hbond substituents is 1. The van der Waals surface area contributed by atoms with Crippen LogP contribution < -0.4 is 15.8 Å².